The molecule has 8 nitrogen and oxygen atoms in total. The minimum Gasteiger partial charge on any atom is -0.368 e. The number of nitrogens with one attached hydrogen (secondary N) is 1. The number of nitrogens with two attached hydrogens (primary N) is 1. The van der Waals surface area contributed by atoms with Crippen LogP contribution in [0.4, 0.5) is 5.95 Å². The molecule has 1 saturated heterocycles. The average Bonchev–Trinajstić information content (AvgIpc) is 2.61. The van der Waals surface area contributed by atoms with E-state index in [0.717, 1.165) is 17.4 Å². The number of likely N-dealkylation sites (tertiary alicyclic amines) is 1. The zero-order chi connectivity index (χ0) is 18.7. The SMILES string of the molecule is CS(=O)(=O)NC1CCN(C(=O)c2cccc(-c3cnc(N)nc3)c2)CC1. The Hall–Kier alpha value is -2.52. The Kier molecular flexibility index (Phi) is 5.19. The predicted octanol–water partition coefficient (Wildman–Crippen LogP) is 0.880. The Labute approximate surface area is 152 Å². The number of benzene rings is 1. The van der Waals surface area contributed by atoms with Gasteiger partial charge in [0.05, 0.1) is 6.26 Å². The molecule has 2 heterocycles. The minimum atomic E-state index is -3.23. The number of carbonyl (C=O) groups excluding carboxylic acids is 1. The zero-order valence-corrected chi connectivity index (χ0v) is 15.2. The van der Waals surface area contributed by atoms with Crippen molar-refractivity contribution in [3.8, 4) is 11.1 Å². The number of anilines is 1. The summed E-state index contributed by atoms with van der Waals surface area (Å²) in [6, 6.07) is 7.15. The summed E-state index contributed by atoms with van der Waals surface area (Å²) in [6.07, 6.45) is 5.59. The molecule has 0 spiro atoms. The van der Waals surface area contributed by atoms with Crippen LogP contribution in [0.3, 0.4) is 0 Å². The third-order valence-corrected chi connectivity index (χ3v) is 5.04. The van der Waals surface area contributed by atoms with Crippen molar-refractivity contribution in [1.82, 2.24) is 19.6 Å². The van der Waals surface area contributed by atoms with Gasteiger partial charge in [0.15, 0.2) is 0 Å². The molecule has 1 amide bonds. The summed E-state index contributed by atoms with van der Waals surface area (Å²) in [6.45, 7) is 1.03. The maximum atomic E-state index is 12.8. The van der Waals surface area contributed by atoms with Crippen LogP contribution in [0.25, 0.3) is 11.1 Å². The van der Waals surface area contributed by atoms with Crippen LogP contribution in [0.1, 0.15) is 23.2 Å². The summed E-state index contributed by atoms with van der Waals surface area (Å²) < 4.78 is 25.2. The van der Waals surface area contributed by atoms with Crippen LogP contribution in [0, 0.1) is 0 Å². The molecule has 0 radical (unpaired) electrons. The van der Waals surface area contributed by atoms with E-state index in [2.05, 4.69) is 14.7 Å². The largest absolute Gasteiger partial charge is 0.368 e. The van der Waals surface area contributed by atoms with Gasteiger partial charge in [-0.3, -0.25) is 4.79 Å². The van der Waals surface area contributed by atoms with Gasteiger partial charge >= 0.3 is 0 Å². The summed E-state index contributed by atoms with van der Waals surface area (Å²) in [5.74, 6) is 0.132. The first-order chi connectivity index (χ1) is 12.3. The summed E-state index contributed by atoms with van der Waals surface area (Å²) in [5.41, 5.74) is 7.70. The Balaban J connectivity index is 1.69. The molecule has 1 aliphatic rings. The molecule has 9 heteroatoms. The molecule has 1 aromatic heterocycles. The average molecular weight is 375 g/mol. The lowest BCUT2D eigenvalue weighted by Gasteiger charge is -2.32. The number of hydrogen-bond acceptors (Lipinski definition) is 6. The first-order valence-electron chi connectivity index (χ1n) is 8.26. The van der Waals surface area contributed by atoms with E-state index in [0.29, 0.717) is 31.5 Å². The van der Waals surface area contributed by atoms with E-state index in [1.807, 2.05) is 12.1 Å². The second kappa shape index (κ2) is 7.38. The molecule has 3 rings (SSSR count). The lowest BCUT2D eigenvalue weighted by Crippen LogP contribution is -2.46. The van der Waals surface area contributed by atoms with Crippen molar-refractivity contribution in [3.63, 3.8) is 0 Å². The smallest absolute Gasteiger partial charge is 0.253 e. The number of aromatic nitrogens is 2. The van der Waals surface area contributed by atoms with Gasteiger partial charge in [-0.15, -0.1) is 0 Å². The van der Waals surface area contributed by atoms with E-state index in [4.69, 9.17) is 5.73 Å². The molecule has 26 heavy (non-hydrogen) atoms. The van der Waals surface area contributed by atoms with Gasteiger partial charge in [-0.2, -0.15) is 0 Å². The highest BCUT2D eigenvalue weighted by molar-refractivity contribution is 7.88. The third kappa shape index (κ3) is 4.55. The molecule has 0 unspecified atom stereocenters. The van der Waals surface area contributed by atoms with Gasteiger partial charge in [-0.05, 0) is 30.5 Å². The number of sulfonamides is 1. The maximum Gasteiger partial charge on any atom is 0.253 e. The van der Waals surface area contributed by atoms with Gasteiger partial charge in [0, 0.05) is 42.7 Å². The minimum absolute atomic E-state index is 0.0685. The fourth-order valence-corrected chi connectivity index (χ4v) is 3.85. The van der Waals surface area contributed by atoms with Crippen LogP contribution in [0.5, 0.6) is 0 Å². The molecule has 1 aromatic carbocycles. The Morgan fingerprint density at radius 2 is 1.85 bits per heavy atom. The highest BCUT2D eigenvalue weighted by Crippen LogP contribution is 2.21. The van der Waals surface area contributed by atoms with Gasteiger partial charge in [-0.25, -0.2) is 23.1 Å². The van der Waals surface area contributed by atoms with Crippen molar-refractivity contribution in [2.45, 2.75) is 18.9 Å². The fraction of sp³-hybridized carbons (Fsp3) is 0.353. The number of nitrogen functional groups attached to an aromatic ring is 1. The molecule has 2 aromatic rings. The van der Waals surface area contributed by atoms with Crippen molar-refractivity contribution in [2.75, 3.05) is 25.1 Å². The zero-order valence-electron chi connectivity index (χ0n) is 14.4. The van der Waals surface area contributed by atoms with Gasteiger partial charge in [0.25, 0.3) is 5.91 Å². The quantitative estimate of drug-likeness (QED) is 0.819. The summed E-state index contributed by atoms with van der Waals surface area (Å²) in [5, 5.41) is 0. The van der Waals surface area contributed by atoms with Crippen LogP contribution >= 0.6 is 0 Å². The van der Waals surface area contributed by atoms with Crippen LogP contribution in [-0.4, -0.2) is 54.6 Å². The lowest BCUT2D eigenvalue weighted by molar-refractivity contribution is 0.0711. The number of hydrogen-bond donors (Lipinski definition) is 2. The lowest BCUT2D eigenvalue weighted by atomic mass is 10.0. The van der Waals surface area contributed by atoms with E-state index in [-0.39, 0.29) is 17.9 Å². The summed E-state index contributed by atoms with van der Waals surface area (Å²) in [4.78, 5) is 22.5. The monoisotopic (exact) mass is 375 g/mol. The topological polar surface area (TPSA) is 118 Å². The van der Waals surface area contributed by atoms with E-state index in [1.54, 1.807) is 29.4 Å². The molecule has 0 atom stereocenters. The third-order valence-electron chi connectivity index (χ3n) is 4.28. The molecule has 0 saturated carbocycles. The Morgan fingerprint density at radius 3 is 2.46 bits per heavy atom. The second-order valence-corrected chi connectivity index (χ2v) is 8.15. The van der Waals surface area contributed by atoms with Crippen LogP contribution in [0.2, 0.25) is 0 Å². The van der Waals surface area contributed by atoms with Gasteiger partial charge in [0.2, 0.25) is 16.0 Å². The van der Waals surface area contributed by atoms with Gasteiger partial charge < -0.3 is 10.6 Å². The predicted molar refractivity (Wildman–Crippen MR) is 98.8 cm³/mol. The molecule has 0 bridgehead atoms. The molecule has 0 aliphatic carbocycles. The molecule has 138 valence electrons. The molecular formula is C17H21N5O3S. The fourth-order valence-electron chi connectivity index (χ4n) is 3.00. The number of rotatable bonds is 4. The number of piperidine rings is 1. The van der Waals surface area contributed by atoms with Crippen molar-refractivity contribution in [3.05, 3.63) is 42.2 Å². The molecule has 3 N–H and O–H groups in total. The Bertz CT molecular complexity index is 891. The van der Waals surface area contributed by atoms with Crippen molar-refractivity contribution >= 4 is 21.9 Å². The highest BCUT2D eigenvalue weighted by Gasteiger charge is 2.25. The number of amides is 1. The van der Waals surface area contributed by atoms with E-state index in [1.165, 1.54) is 0 Å². The van der Waals surface area contributed by atoms with Crippen molar-refractivity contribution in [1.29, 1.82) is 0 Å². The first-order valence-corrected chi connectivity index (χ1v) is 10.2. The van der Waals surface area contributed by atoms with E-state index >= 15 is 0 Å². The first kappa shape index (κ1) is 18.3. The summed E-state index contributed by atoms with van der Waals surface area (Å²) in [7, 11) is -3.23. The van der Waals surface area contributed by atoms with E-state index < -0.39 is 10.0 Å². The molecule has 1 aliphatic heterocycles. The molecule has 1 fully saturated rings. The van der Waals surface area contributed by atoms with Crippen LogP contribution < -0.4 is 10.5 Å². The number of carbonyl (C=O) groups is 1. The van der Waals surface area contributed by atoms with Crippen LogP contribution in [0.15, 0.2) is 36.7 Å². The van der Waals surface area contributed by atoms with E-state index in [9.17, 15) is 13.2 Å². The highest BCUT2D eigenvalue weighted by atomic mass is 32.2. The van der Waals surface area contributed by atoms with Crippen molar-refractivity contribution in [2.24, 2.45) is 0 Å². The standard InChI is InChI=1S/C17H21N5O3S/c1-26(24,25)21-15-5-7-22(8-6-15)16(23)13-4-2-3-12(9-13)14-10-19-17(18)20-11-14/h2-4,9-11,15,21H,5-8H2,1H3,(H2,18,19,20). The van der Waals surface area contributed by atoms with Crippen molar-refractivity contribution < 1.29 is 13.2 Å². The number of nitrogens with zero attached hydrogens (tertiary/aromatic N) is 3. The maximum absolute atomic E-state index is 12.8. The van der Waals surface area contributed by atoms with Crippen LogP contribution in [-0.2, 0) is 10.0 Å². The Morgan fingerprint density at radius 1 is 1.19 bits per heavy atom. The summed E-state index contributed by atoms with van der Waals surface area (Å²) >= 11 is 0. The normalized spacial score (nSPS) is 15.8. The molecular weight excluding hydrogens is 354 g/mol. The van der Waals surface area contributed by atoms with Gasteiger partial charge in [-0.1, -0.05) is 12.1 Å². The second-order valence-electron chi connectivity index (χ2n) is 6.37. The van der Waals surface area contributed by atoms with Gasteiger partial charge in [0.1, 0.15) is 0 Å².